The molecule has 0 saturated heterocycles. The van der Waals surface area contributed by atoms with E-state index in [0.29, 0.717) is 6.54 Å². The van der Waals surface area contributed by atoms with E-state index < -0.39 is 11.5 Å². The van der Waals surface area contributed by atoms with Crippen molar-refractivity contribution in [3.8, 4) is 11.1 Å². The van der Waals surface area contributed by atoms with Crippen molar-refractivity contribution in [2.45, 2.75) is 19.5 Å². The molecule has 1 aliphatic heterocycles. The second-order valence-corrected chi connectivity index (χ2v) is 7.96. The van der Waals surface area contributed by atoms with Crippen LogP contribution in [0.25, 0.3) is 16.6 Å². The van der Waals surface area contributed by atoms with Gasteiger partial charge in [0.05, 0.1) is 5.52 Å². The Morgan fingerprint density at radius 3 is 2.52 bits per heavy atom. The molecule has 0 spiro atoms. The maximum absolute atomic E-state index is 12.5. The monoisotopic (exact) mass is 410 g/mol. The van der Waals surface area contributed by atoms with Gasteiger partial charge in [0, 0.05) is 25.8 Å². The van der Waals surface area contributed by atoms with E-state index in [4.69, 9.17) is 0 Å². The number of carboxylic acid groups (broad SMARTS) is 1. The standard InChI is InChI=1S/C26H22N2O3/c29-25-23(26(30)31)15-22(24-8-4-5-12-28(24)25)17-27-13-11-20-14-19(9-10-21(20)16-27)18-6-2-1-3-7-18/h1-10,12,14-15H,11,13,16-17H2,(H,30,31). The number of hydrogen-bond donors (Lipinski definition) is 1. The van der Waals surface area contributed by atoms with Crippen molar-refractivity contribution in [2.24, 2.45) is 0 Å². The molecule has 0 amide bonds. The molecule has 4 aromatic rings. The number of hydrogen-bond acceptors (Lipinski definition) is 3. The quantitative estimate of drug-likeness (QED) is 0.547. The van der Waals surface area contributed by atoms with Crippen molar-refractivity contribution in [1.82, 2.24) is 9.30 Å². The number of nitrogens with zero attached hydrogens (tertiary/aromatic N) is 2. The lowest BCUT2D eigenvalue weighted by Crippen LogP contribution is -2.31. The van der Waals surface area contributed by atoms with Crippen LogP contribution in [0, 0.1) is 0 Å². The van der Waals surface area contributed by atoms with Crippen molar-refractivity contribution in [1.29, 1.82) is 0 Å². The number of carbonyl (C=O) groups is 1. The van der Waals surface area contributed by atoms with Crippen LogP contribution in [0.4, 0.5) is 0 Å². The Morgan fingerprint density at radius 1 is 0.903 bits per heavy atom. The van der Waals surface area contributed by atoms with E-state index in [-0.39, 0.29) is 5.56 Å². The number of pyridine rings is 2. The van der Waals surface area contributed by atoms with Crippen LogP contribution >= 0.6 is 0 Å². The molecule has 2 aromatic carbocycles. The molecule has 5 nitrogen and oxygen atoms in total. The number of carboxylic acids is 1. The third-order valence-corrected chi connectivity index (χ3v) is 5.99. The lowest BCUT2D eigenvalue weighted by atomic mass is 9.94. The van der Waals surface area contributed by atoms with Gasteiger partial charge in [0.15, 0.2) is 0 Å². The van der Waals surface area contributed by atoms with Crippen molar-refractivity contribution in [2.75, 3.05) is 6.54 Å². The smallest absolute Gasteiger partial charge is 0.341 e. The fourth-order valence-electron chi connectivity index (χ4n) is 4.40. The molecule has 31 heavy (non-hydrogen) atoms. The number of aromatic nitrogens is 1. The first kappa shape index (κ1) is 19.3. The number of fused-ring (bicyclic) bond motifs is 2. The van der Waals surface area contributed by atoms with Gasteiger partial charge in [-0.25, -0.2) is 4.79 Å². The minimum atomic E-state index is -1.19. The van der Waals surface area contributed by atoms with Crippen molar-refractivity contribution in [3.05, 3.63) is 112 Å². The van der Waals surface area contributed by atoms with Crippen molar-refractivity contribution < 1.29 is 9.90 Å². The van der Waals surface area contributed by atoms with E-state index in [2.05, 4.69) is 47.4 Å². The third-order valence-electron chi connectivity index (χ3n) is 5.99. The van der Waals surface area contributed by atoms with E-state index in [0.717, 1.165) is 30.6 Å². The first-order valence-corrected chi connectivity index (χ1v) is 10.4. The average molecular weight is 410 g/mol. The fourth-order valence-corrected chi connectivity index (χ4v) is 4.40. The summed E-state index contributed by atoms with van der Waals surface area (Å²) in [5, 5.41) is 9.48. The summed E-state index contributed by atoms with van der Waals surface area (Å²) >= 11 is 0. The van der Waals surface area contributed by atoms with Crippen LogP contribution in [0.5, 0.6) is 0 Å². The van der Waals surface area contributed by atoms with E-state index >= 15 is 0 Å². The molecular formula is C26H22N2O3. The van der Waals surface area contributed by atoms with Gasteiger partial charge in [0.25, 0.3) is 5.56 Å². The van der Waals surface area contributed by atoms with Crippen LogP contribution in [0.3, 0.4) is 0 Å². The summed E-state index contributed by atoms with van der Waals surface area (Å²) in [4.78, 5) is 26.4. The van der Waals surface area contributed by atoms with E-state index in [1.165, 1.54) is 32.7 Å². The minimum absolute atomic E-state index is 0.191. The highest BCUT2D eigenvalue weighted by molar-refractivity contribution is 5.88. The molecule has 5 rings (SSSR count). The summed E-state index contributed by atoms with van der Waals surface area (Å²) in [5.74, 6) is -1.19. The van der Waals surface area contributed by atoms with Gasteiger partial charge in [-0.3, -0.25) is 14.1 Å². The van der Waals surface area contributed by atoms with Crippen LogP contribution in [-0.4, -0.2) is 26.9 Å². The Kier molecular flexibility index (Phi) is 4.88. The molecule has 3 heterocycles. The zero-order chi connectivity index (χ0) is 21.4. The van der Waals surface area contributed by atoms with Gasteiger partial charge in [-0.05, 0) is 52.4 Å². The molecule has 0 fully saturated rings. The number of benzene rings is 2. The van der Waals surface area contributed by atoms with Gasteiger partial charge >= 0.3 is 5.97 Å². The summed E-state index contributed by atoms with van der Waals surface area (Å²) in [6.45, 7) is 2.27. The highest BCUT2D eigenvalue weighted by Crippen LogP contribution is 2.27. The second kappa shape index (κ2) is 7.85. The van der Waals surface area contributed by atoms with Crippen LogP contribution in [-0.2, 0) is 19.5 Å². The van der Waals surface area contributed by atoms with Gasteiger partial charge in [-0.2, -0.15) is 0 Å². The van der Waals surface area contributed by atoms with Crippen LogP contribution < -0.4 is 5.56 Å². The topological polar surface area (TPSA) is 62.0 Å². The molecule has 0 atom stereocenters. The molecule has 1 aliphatic rings. The Labute approximate surface area is 179 Å². The minimum Gasteiger partial charge on any atom is -0.477 e. The summed E-state index contributed by atoms with van der Waals surface area (Å²) in [5.41, 5.74) is 6.01. The van der Waals surface area contributed by atoms with Gasteiger partial charge in [-0.15, -0.1) is 0 Å². The molecule has 2 aromatic heterocycles. The maximum Gasteiger partial charge on any atom is 0.341 e. The van der Waals surface area contributed by atoms with Crippen LogP contribution in [0.1, 0.15) is 27.0 Å². The van der Waals surface area contributed by atoms with E-state index in [1.54, 1.807) is 12.3 Å². The zero-order valence-electron chi connectivity index (χ0n) is 17.0. The van der Waals surface area contributed by atoms with Crippen molar-refractivity contribution in [3.63, 3.8) is 0 Å². The van der Waals surface area contributed by atoms with E-state index in [9.17, 15) is 14.7 Å². The SMILES string of the molecule is O=C(O)c1cc(CN2CCc3cc(-c4ccccc4)ccc3C2)c2ccccn2c1=O. The Bertz CT molecular complexity index is 1340. The Balaban J connectivity index is 1.44. The van der Waals surface area contributed by atoms with Gasteiger partial charge in [0.1, 0.15) is 5.56 Å². The van der Waals surface area contributed by atoms with Gasteiger partial charge in [0.2, 0.25) is 0 Å². The number of aromatic carboxylic acids is 1. The first-order chi connectivity index (χ1) is 15.1. The lowest BCUT2D eigenvalue weighted by molar-refractivity contribution is 0.0694. The zero-order valence-corrected chi connectivity index (χ0v) is 17.0. The van der Waals surface area contributed by atoms with E-state index in [1.807, 2.05) is 18.2 Å². The predicted octanol–water partition coefficient (Wildman–Crippen LogP) is 4.22. The molecule has 0 bridgehead atoms. The summed E-state index contributed by atoms with van der Waals surface area (Å²) < 4.78 is 1.43. The third kappa shape index (κ3) is 3.64. The average Bonchev–Trinajstić information content (AvgIpc) is 2.81. The molecule has 0 aliphatic carbocycles. The van der Waals surface area contributed by atoms with Crippen molar-refractivity contribution >= 4 is 11.5 Å². The molecular weight excluding hydrogens is 388 g/mol. The Hall–Kier alpha value is -3.70. The predicted molar refractivity (Wildman–Crippen MR) is 120 cm³/mol. The largest absolute Gasteiger partial charge is 0.477 e. The second-order valence-electron chi connectivity index (χ2n) is 7.96. The summed E-state index contributed by atoms with van der Waals surface area (Å²) in [6.07, 6.45) is 2.57. The van der Waals surface area contributed by atoms with Crippen LogP contribution in [0.2, 0.25) is 0 Å². The molecule has 0 saturated carbocycles. The summed E-state index contributed by atoms with van der Waals surface area (Å²) in [6, 6.07) is 24.0. The normalized spacial score (nSPS) is 13.8. The Morgan fingerprint density at radius 2 is 1.71 bits per heavy atom. The molecule has 0 radical (unpaired) electrons. The highest BCUT2D eigenvalue weighted by atomic mass is 16.4. The number of rotatable bonds is 4. The summed E-state index contributed by atoms with van der Waals surface area (Å²) in [7, 11) is 0. The molecule has 0 unspecified atom stereocenters. The highest BCUT2D eigenvalue weighted by Gasteiger charge is 2.20. The molecule has 5 heteroatoms. The lowest BCUT2D eigenvalue weighted by Gasteiger charge is -2.29. The molecule has 1 N–H and O–H groups in total. The van der Waals surface area contributed by atoms with Gasteiger partial charge in [-0.1, -0.05) is 54.6 Å². The fraction of sp³-hybridized carbons (Fsp3) is 0.154. The van der Waals surface area contributed by atoms with Gasteiger partial charge < -0.3 is 5.11 Å². The first-order valence-electron chi connectivity index (χ1n) is 10.4. The molecule has 154 valence electrons. The van der Waals surface area contributed by atoms with Crippen LogP contribution in [0.15, 0.2) is 83.8 Å². The maximum atomic E-state index is 12.5.